The second-order valence-corrected chi connectivity index (χ2v) is 5.39. The maximum atomic E-state index is 11.2. The molecule has 0 spiro atoms. The van der Waals surface area contributed by atoms with Gasteiger partial charge in [0.2, 0.25) is 0 Å². The molecule has 19 heavy (non-hydrogen) atoms. The summed E-state index contributed by atoms with van der Waals surface area (Å²) in [7, 11) is 0. The van der Waals surface area contributed by atoms with Crippen molar-refractivity contribution in [3.63, 3.8) is 0 Å². The molecule has 0 bridgehead atoms. The molecule has 2 heterocycles. The first-order valence-electron chi connectivity index (χ1n) is 6.73. The minimum absolute atomic E-state index is 0.215. The van der Waals surface area contributed by atoms with Gasteiger partial charge in [0.05, 0.1) is 17.8 Å². The van der Waals surface area contributed by atoms with Crippen LogP contribution in [0.3, 0.4) is 0 Å². The minimum Gasteiger partial charge on any atom is -0.478 e. The van der Waals surface area contributed by atoms with E-state index in [1.807, 2.05) is 6.92 Å². The van der Waals surface area contributed by atoms with Crippen LogP contribution in [0.15, 0.2) is 12.3 Å². The zero-order valence-electron chi connectivity index (χ0n) is 10.9. The summed E-state index contributed by atoms with van der Waals surface area (Å²) >= 11 is 0. The molecule has 0 aromatic carbocycles. The number of anilines is 1. The molecule has 5 nitrogen and oxygen atoms in total. The molecular weight excluding hydrogens is 244 g/mol. The highest BCUT2D eigenvalue weighted by Crippen LogP contribution is 2.39. The fraction of sp³-hybridized carbons (Fsp3) is 0.571. The summed E-state index contributed by atoms with van der Waals surface area (Å²) < 4.78 is 5.77. The third-order valence-corrected chi connectivity index (χ3v) is 3.83. The van der Waals surface area contributed by atoms with Crippen molar-refractivity contribution in [1.29, 1.82) is 0 Å². The van der Waals surface area contributed by atoms with Crippen LogP contribution in [0.2, 0.25) is 0 Å². The van der Waals surface area contributed by atoms with Crippen LogP contribution in [0.1, 0.15) is 35.3 Å². The van der Waals surface area contributed by atoms with Gasteiger partial charge in [-0.1, -0.05) is 0 Å². The lowest BCUT2D eigenvalue weighted by Gasteiger charge is -2.21. The summed E-state index contributed by atoms with van der Waals surface area (Å²) in [5.74, 6) is -0.298. The monoisotopic (exact) mass is 262 g/mol. The maximum absolute atomic E-state index is 11.2. The largest absolute Gasteiger partial charge is 0.478 e. The number of carboxylic acid groups (broad SMARTS) is 1. The van der Waals surface area contributed by atoms with Crippen molar-refractivity contribution in [3.05, 3.63) is 23.5 Å². The average Bonchev–Trinajstić information content (AvgIpc) is 3.10. The Kier molecular flexibility index (Phi) is 3.14. The lowest BCUT2D eigenvalue weighted by atomic mass is 10.1. The van der Waals surface area contributed by atoms with Crippen molar-refractivity contribution in [3.8, 4) is 0 Å². The maximum Gasteiger partial charge on any atom is 0.339 e. The third kappa shape index (κ3) is 2.56. The molecule has 2 fully saturated rings. The van der Waals surface area contributed by atoms with Gasteiger partial charge in [0.25, 0.3) is 0 Å². The van der Waals surface area contributed by atoms with Gasteiger partial charge in [0.15, 0.2) is 0 Å². The van der Waals surface area contributed by atoms with Gasteiger partial charge in [0.1, 0.15) is 5.56 Å². The van der Waals surface area contributed by atoms with Crippen LogP contribution in [0.5, 0.6) is 0 Å². The van der Waals surface area contributed by atoms with Gasteiger partial charge in [-0.3, -0.25) is 4.98 Å². The van der Waals surface area contributed by atoms with E-state index in [1.54, 1.807) is 6.07 Å². The lowest BCUT2D eigenvalue weighted by Crippen LogP contribution is -2.31. The summed E-state index contributed by atoms with van der Waals surface area (Å²) in [4.78, 5) is 15.3. The highest BCUT2D eigenvalue weighted by molar-refractivity contribution is 5.93. The van der Waals surface area contributed by atoms with Gasteiger partial charge in [-0.05, 0) is 38.2 Å². The standard InChI is InChI=1S/C14H18N2O3/c1-8-6-12(10(7-15-8)14(17)18)16-11-4-5-19-13(11)9-2-3-9/h6-7,9,11,13H,2-5H2,1H3,(H,15,16)(H,17,18). The van der Waals surface area contributed by atoms with Crippen LogP contribution in [0.4, 0.5) is 5.69 Å². The Morgan fingerprint density at radius 2 is 2.26 bits per heavy atom. The van der Waals surface area contributed by atoms with Crippen molar-refractivity contribution < 1.29 is 14.6 Å². The van der Waals surface area contributed by atoms with Crippen molar-refractivity contribution >= 4 is 11.7 Å². The van der Waals surface area contributed by atoms with Crippen molar-refractivity contribution in [2.75, 3.05) is 11.9 Å². The van der Waals surface area contributed by atoms with Crippen molar-refractivity contribution in [2.45, 2.75) is 38.3 Å². The molecule has 0 radical (unpaired) electrons. The number of rotatable bonds is 4. The number of carboxylic acids is 1. The normalized spacial score (nSPS) is 26.4. The third-order valence-electron chi connectivity index (χ3n) is 3.83. The molecule has 102 valence electrons. The van der Waals surface area contributed by atoms with Gasteiger partial charge in [-0.15, -0.1) is 0 Å². The van der Waals surface area contributed by atoms with E-state index in [0.717, 1.165) is 18.7 Å². The summed E-state index contributed by atoms with van der Waals surface area (Å²) in [6.45, 7) is 2.62. The van der Waals surface area contributed by atoms with Crippen molar-refractivity contribution in [2.24, 2.45) is 5.92 Å². The Labute approximate surface area is 112 Å². The van der Waals surface area contributed by atoms with Crippen LogP contribution in [-0.2, 0) is 4.74 Å². The number of aryl methyl sites for hydroxylation is 1. The number of aromatic carboxylic acids is 1. The lowest BCUT2D eigenvalue weighted by molar-refractivity contribution is 0.0696. The number of hydrogen-bond donors (Lipinski definition) is 2. The zero-order chi connectivity index (χ0) is 13.4. The van der Waals surface area contributed by atoms with E-state index < -0.39 is 5.97 Å². The number of nitrogens with zero attached hydrogens (tertiary/aromatic N) is 1. The second-order valence-electron chi connectivity index (χ2n) is 5.39. The highest BCUT2D eigenvalue weighted by Gasteiger charge is 2.40. The number of ether oxygens (including phenoxy) is 1. The number of aromatic nitrogens is 1. The van der Waals surface area contributed by atoms with Crippen LogP contribution in [-0.4, -0.2) is 34.8 Å². The van der Waals surface area contributed by atoms with E-state index in [9.17, 15) is 9.90 Å². The molecule has 2 N–H and O–H groups in total. The number of nitrogens with one attached hydrogen (secondary N) is 1. The first-order chi connectivity index (χ1) is 9.15. The molecule has 1 aromatic heterocycles. The molecule has 1 aliphatic heterocycles. The molecule has 3 rings (SSSR count). The quantitative estimate of drug-likeness (QED) is 0.869. The fourth-order valence-electron chi connectivity index (χ4n) is 2.70. The van der Waals surface area contributed by atoms with Gasteiger partial charge in [-0.25, -0.2) is 4.79 Å². The molecule has 1 saturated heterocycles. The molecule has 2 aliphatic rings. The molecule has 1 aromatic rings. The fourth-order valence-corrected chi connectivity index (χ4v) is 2.70. The minimum atomic E-state index is -0.947. The molecular formula is C14H18N2O3. The summed E-state index contributed by atoms with van der Waals surface area (Å²) in [5.41, 5.74) is 1.70. The Bertz CT molecular complexity index is 499. The Balaban J connectivity index is 1.81. The van der Waals surface area contributed by atoms with E-state index in [1.165, 1.54) is 19.0 Å². The first-order valence-corrected chi connectivity index (χ1v) is 6.73. The smallest absolute Gasteiger partial charge is 0.339 e. The van der Waals surface area contributed by atoms with E-state index in [-0.39, 0.29) is 17.7 Å². The Morgan fingerprint density at radius 3 is 2.95 bits per heavy atom. The van der Waals surface area contributed by atoms with Crippen molar-refractivity contribution in [1.82, 2.24) is 4.98 Å². The van der Waals surface area contributed by atoms with Gasteiger partial charge < -0.3 is 15.2 Å². The van der Waals surface area contributed by atoms with Crippen LogP contribution < -0.4 is 5.32 Å². The number of carbonyl (C=O) groups is 1. The van der Waals surface area contributed by atoms with Crippen LogP contribution in [0, 0.1) is 12.8 Å². The average molecular weight is 262 g/mol. The number of hydrogen-bond acceptors (Lipinski definition) is 4. The predicted octanol–water partition coefficient (Wildman–Crippen LogP) is 2.07. The van der Waals surface area contributed by atoms with Crippen LogP contribution >= 0.6 is 0 Å². The van der Waals surface area contributed by atoms with Crippen LogP contribution in [0.25, 0.3) is 0 Å². The Hall–Kier alpha value is -1.62. The van der Waals surface area contributed by atoms with E-state index in [2.05, 4.69) is 10.3 Å². The molecule has 1 saturated carbocycles. The first kappa shape index (κ1) is 12.4. The van der Waals surface area contributed by atoms with E-state index in [4.69, 9.17) is 4.74 Å². The van der Waals surface area contributed by atoms with E-state index in [0.29, 0.717) is 11.6 Å². The summed E-state index contributed by atoms with van der Waals surface area (Å²) in [6.07, 6.45) is 5.03. The summed E-state index contributed by atoms with van der Waals surface area (Å²) in [6, 6.07) is 2.01. The Morgan fingerprint density at radius 1 is 1.47 bits per heavy atom. The molecule has 0 amide bonds. The summed E-state index contributed by atoms with van der Waals surface area (Å²) in [5, 5.41) is 12.6. The SMILES string of the molecule is Cc1cc(NC2CCOC2C2CC2)c(C(=O)O)cn1. The van der Waals surface area contributed by atoms with Gasteiger partial charge >= 0.3 is 5.97 Å². The molecule has 5 heteroatoms. The van der Waals surface area contributed by atoms with E-state index >= 15 is 0 Å². The molecule has 1 aliphatic carbocycles. The van der Waals surface area contributed by atoms with Gasteiger partial charge in [0, 0.05) is 18.5 Å². The molecule has 2 unspecified atom stereocenters. The topological polar surface area (TPSA) is 71.5 Å². The zero-order valence-corrected chi connectivity index (χ0v) is 10.9. The predicted molar refractivity (Wildman–Crippen MR) is 70.4 cm³/mol. The second kappa shape index (κ2) is 4.81. The number of pyridine rings is 1. The molecule has 2 atom stereocenters. The highest BCUT2D eigenvalue weighted by atomic mass is 16.5. The van der Waals surface area contributed by atoms with Gasteiger partial charge in [-0.2, -0.15) is 0 Å².